The lowest BCUT2D eigenvalue weighted by molar-refractivity contribution is -0.0711. The highest BCUT2D eigenvalue weighted by atomic mass is 19.3. The summed E-state index contributed by atoms with van der Waals surface area (Å²) in [6, 6.07) is 2.01. The highest BCUT2D eigenvalue weighted by molar-refractivity contribution is 6.41. The minimum Gasteiger partial charge on any atom is -0.390 e. The van der Waals surface area contributed by atoms with Crippen LogP contribution in [0.25, 0.3) is 0 Å². The topological polar surface area (TPSA) is 105 Å². The molecule has 12 heteroatoms. The van der Waals surface area contributed by atoms with E-state index in [9.17, 15) is 17.6 Å². The molecular formula is C20H25F4N7O. The third-order valence-electron chi connectivity index (χ3n) is 5.28. The normalized spacial score (nSPS) is 26.0. The van der Waals surface area contributed by atoms with Crippen molar-refractivity contribution >= 4 is 18.0 Å². The molecule has 2 heterocycles. The van der Waals surface area contributed by atoms with Gasteiger partial charge < -0.3 is 16.2 Å². The SMILES string of the molecule is C=C1CN(C2CO[C@H](c3cc(F)ccc3F)C(N)C2)CN(C(F)F)C(C(N=CN)=NC)=N1. The summed E-state index contributed by atoms with van der Waals surface area (Å²) in [6.07, 6.45) is 0.392. The molecule has 0 saturated carbocycles. The molecule has 0 bridgehead atoms. The highest BCUT2D eigenvalue weighted by Crippen LogP contribution is 2.32. The van der Waals surface area contributed by atoms with Crippen molar-refractivity contribution in [2.45, 2.75) is 31.2 Å². The van der Waals surface area contributed by atoms with Gasteiger partial charge in [-0.3, -0.25) is 14.8 Å². The summed E-state index contributed by atoms with van der Waals surface area (Å²) in [5, 5.41) is 0. The first kappa shape index (κ1) is 23.8. The highest BCUT2D eigenvalue weighted by Gasteiger charge is 2.38. The van der Waals surface area contributed by atoms with E-state index in [1.807, 2.05) is 0 Å². The fourth-order valence-electron chi connectivity index (χ4n) is 3.81. The smallest absolute Gasteiger partial charge is 0.317 e. The fraction of sp³-hybridized carbons (Fsp3) is 0.450. The van der Waals surface area contributed by atoms with E-state index < -0.39 is 30.3 Å². The van der Waals surface area contributed by atoms with Crippen molar-refractivity contribution in [3.63, 3.8) is 0 Å². The number of alkyl halides is 2. The largest absolute Gasteiger partial charge is 0.390 e. The molecule has 3 atom stereocenters. The third-order valence-corrected chi connectivity index (χ3v) is 5.28. The number of amidine groups is 2. The van der Waals surface area contributed by atoms with E-state index in [0.29, 0.717) is 12.1 Å². The van der Waals surface area contributed by atoms with Gasteiger partial charge in [0, 0.05) is 36.9 Å². The Morgan fingerprint density at radius 1 is 1.38 bits per heavy atom. The molecule has 8 nitrogen and oxygen atoms in total. The second kappa shape index (κ2) is 10.2. The van der Waals surface area contributed by atoms with E-state index in [-0.39, 0.29) is 43.1 Å². The monoisotopic (exact) mass is 455 g/mol. The molecule has 0 radical (unpaired) electrons. The number of benzene rings is 1. The van der Waals surface area contributed by atoms with Gasteiger partial charge in [-0.25, -0.2) is 18.8 Å². The number of rotatable bonds is 4. The van der Waals surface area contributed by atoms with Crippen LogP contribution in [0.15, 0.2) is 45.5 Å². The van der Waals surface area contributed by atoms with Gasteiger partial charge in [0.2, 0.25) is 0 Å². The van der Waals surface area contributed by atoms with Gasteiger partial charge >= 0.3 is 6.55 Å². The number of halogens is 4. The molecular weight excluding hydrogens is 430 g/mol. The number of ether oxygens (including phenoxy) is 1. The molecule has 3 rings (SSSR count). The molecule has 1 fully saturated rings. The van der Waals surface area contributed by atoms with Crippen molar-refractivity contribution in [3.8, 4) is 0 Å². The maximum Gasteiger partial charge on any atom is 0.317 e. The minimum absolute atomic E-state index is 0.0273. The lowest BCUT2D eigenvalue weighted by Crippen LogP contribution is -2.54. The van der Waals surface area contributed by atoms with Crippen LogP contribution in [0, 0.1) is 11.6 Å². The van der Waals surface area contributed by atoms with Gasteiger partial charge in [0.15, 0.2) is 11.7 Å². The van der Waals surface area contributed by atoms with Crippen LogP contribution < -0.4 is 11.5 Å². The zero-order valence-corrected chi connectivity index (χ0v) is 17.5. The fourth-order valence-corrected chi connectivity index (χ4v) is 3.81. The molecule has 1 saturated heterocycles. The Balaban J connectivity index is 1.79. The lowest BCUT2D eigenvalue weighted by Gasteiger charge is -2.41. The average Bonchev–Trinajstić information content (AvgIpc) is 2.93. The predicted molar refractivity (Wildman–Crippen MR) is 113 cm³/mol. The average molecular weight is 455 g/mol. The van der Waals surface area contributed by atoms with Gasteiger partial charge in [-0.05, 0) is 24.6 Å². The molecule has 1 aromatic rings. The minimum atomic E-state index is -2.90. The van der Waals surface area contributed by atoms with Crippen LogP contribution in [0.1, 0.15) is 18.1 Å². The first-order valence-corrected chi connectivity index (χ1v) is 9.84. The van der Waals surface area contributed by atoms with Crippen LogP contribution in [0.2, 0.25) is 0 Å². The summed E-state index contributed by atoms with van der Waals surface area (Å²) in [5.41, 5.74) is 11.9. The van der Waals surface area contributed by atoms with E-state index in [0.717, 1.165) is 29.4 Å². The molecule has 1 aromatic carbocycles. The van der Waals surface area contributed by atoms with Crippen LogP contribution in [0.5, 0.6) is 0 Å². The van der Waals surface area contributed by atoms with Gasteiger partial charge in [-0.15, -0.1) is 0 Å². The van der Waals surface area contributed by atoms with Crippen molar-refractivity contribution < 1.29 is 22.3 Å². The van der Waals surface area contributed by atoms with Crippen molar-refractivity contribution in [2.24, 2.45) is 26.4 Å². The van der Waals surface area contributed by atoms with Crippen molar-refractivity contribution in [1.29, 1.82) is 0 Å². The van der Waals surface area contributed by atoms with E-state index in [4.69, 9.17) is 16.2 Å². The summed E-state index contributed by atoms with van der Waals surface area (Å²) in [6.45, 7) is 0.945. The standard InChI is InChI=1S/C20H25F4N7O/c1-11-7-30(10-31(20(23)24)19(29-11)18(27-2)28-9-25)13-6-16(26)17(32-8-13)14-5-12(21)3-4-15(14)22/h3-5,9,13,16-17,20H,1,6-8,10,26H2,2H3,(H2,25,27,28)/t13?,16?,17-/m1/s1. The maximum absolute atomic E-state index is 14.2. The van der Waals surface area contributed by atoms with E-state index in [1.54, 1.807) is 4.90 Å². The Morgan fingerprint density at radius 2 is 2.12 bits per heavy atom. The van der Waals surface area contributed by atoms with E-state index in [1.165, 1.54) is 7.05 Å². The van der Waals surface area contributed by atoms with E-state index in [2.05, 4.69) is 21.6 Å². The predicted octanol–water partition coefficient (Wildman–Crippen LogP) is 1.85. The molecule has 0 aromatic heterocycles. The van der Waals surface area contributed by atoms with Gasteiger partial charge in [0.1, 0.15) is 17.7 Å². The Labute approximate surface area is 183 Å². The lowest BCUT2D eigenvalue weighted by atomic mass is 9.93. The van der Waals surface area contributed by atoms with Crippen molar-refractivity contribution in [3.05, 3.63) is 47.7 Å². The second-order valence-corrected chi connectivity index (χ2v) is 7.44. The molecule has 32 heavy (non-hydrogen) atoms. The maximum atomic E-state index is 14.2. The van der Waals surface area contributed by atoms with Crippen LogP contribution in [-0.4, -0.2) is 73.3 Å². The molecule has 2 aliphatic rings. The number of nitrogens with zero attached hydrogens (tertiary/aromatic N) is 5. The zero-order chi connectivity index (χ0) is 23.4. The first-order valence-electron chi connectivity index (χ1n) is 9.84. The quantitative estimate of drug-likeness (QED) is 0.312. The molecule has 4 N–H and O–H groups in total. The second-order valence-electron chi connectivity index (χ2n) is 7.44. The van der Waals surface area contributed by atoms with Gasteiger partial charge in [0.25, 0.3) is 0 Å². The summed E-state index contributed by atoms with van der Waals surface area (Å²) >= 11 is 0. The Kier molecular flexibility index (Phi) is 7.59. The van der Waals surface area contributed by atoms with Crippen LogP contribution in [0.4, 0.5) is 17.6 Å². The summed E-state index contributed by atoms with van der Waals surface area (Å²) in [5.74, 6) is -1.44. The Bertz CT molecular complexity index is 937. The van der Waals surface area contributed by atoms with Gasteiger partial charge in [-0.1, -0.05) is 6.58 Å². The van der Waals surface area contributed by atoms with Crippen LogP contribution in [-0.2, 0) is 4.74 Å². The molecule has 0 spiro atoms. The molecule has 2 unspecified atom stereocenters. The zero-order valence-electron chi connectivity index (χ0n) is 17.5. The first-order chi connectivity index (χ1) is 15.2. The van der Waals surface area contributed by atoms with Gasteiger partial charge in [-0.2, -0.15) is 8.78 Å². The number of hydrogen-bond acceptors (Lipinski definition) is 6. The van der Waals surface area contributed by atoms with E-state index >= 15 is 0 Å². The Morgan fingerprint density at radius 3 is 2.75 bits per heavy atom. The van der Waals surface area contributed by atoms with Crippen molar-refractivity contribution in [2.75, 3.05) is 26.9 Å². The number of hydrogen-bond donors (Lipinski definition) is 2. The molecule has 0 amide bonds. The third kappa shape index (κ3) is 5.14. The number of nitrogens with two attached hydrogens (primary N) is 2. The van der Waals surface area contributed by atoms with Crippen molar-refractivity contribution in [1.82, 2.24) is 9.80 Å². The molecule has 2 aliphatic heterocycles. The number of aliphatic imine (C=N–C) groups is 3. The summed E-state index contributed by atoms with van der Waals surface area (Å²) < 4.78 is 61.4. The molecule has 174 valence electrons. The van der Waals surface area contributed by atoms with Gasteiger partial charge in [0.05, 0.1) is 19.6 Å². The van der Waals surface area contributed by atoms with Crippen LogP contribution in [0.3, 0.4) is 0 Å². The summed E-state index contributed by atoms with van der Waals surface area (Å²) in [7, 11) is 1.39. The molecule has 0 aliphatic carbocycles. The van der Waals surface area contributed by atoms with Crippen LogP contribution >= 0.6 is 0 Å². The Hall–Kier alpha value is -2.83. The summed E-state index contributed by atoms with van der Waals surface area (Å²) in [4.78, 5) is 14.3.